The molecule has 0 amide bonds. The van der Waals surface area contributed by atoms with Crippen molar-refractivity contribution in [1.29, 1.82) is 0 Å². The summed E-state index contributed by atoms with van der Waals surface area (Å²) in [5, 5.41) is 11.4. The number of nitrogens with two attached hydrogens (primary N) is 1. The number of rotatable bonds is 1. The first-order valence-corrected chi connectivity index (χ1v) is 6.21. The van der Waals surface area contributed by atoms with Crippen molar-refractivity contribution in [1.82, 2.24) is 0 Å². The van der Waals surface area contributed by atoms with E-state index in [2.05, 4.69) is 0 Å². The predicted molar refractivity (Wildman–Crippen MR) is 79.9 cm³/mol. The van der Waals surface area contributed by atoms with Crippen LogP contribution in [-0.4, -0.2) is 5.11 Å². The number of phenolic OH excluding ortho intramolecular Hbond substituents is 1. The fraction of sp³-hybridized carbons (Fsp3) is 0.0588. The van der Waals surface area contributed by atoms with Crippen LogP contribution < -0.4 is 5.73 Å². The van der Waals surface area contributed by atoms with E-state index in [1.54, 1.807) is 12.1 Å². The second-order valence-electron chi connectivity index (χ2n) is 4.22. The molecule has 0 aliphatic rings. The summed E-state index contributed by atoms with van der Waals surface area (Å²) in [5.74, 6) is 0.323. The summed E-state index contributed by atoms with van der Waals surface area (Å²) in [5.41, 5.74) is 6.54. The first kappa shape index (κ1) is 13.1. The van der Waals surface area contributed by atoms with Crippen LogP contribution in [0.25, 0.3) is 10.8 Å². The van der Waals surface area contributed by atoms with Gasteiger partial charge < -0.3 is 10.8 Å². The molecule has 3 aromatic rings. The summed E-state index contributed by atoms with van der Waals surface area (Å²) >= 11 is 0. The zero-order valence-electron chi connectivity index (χ0n) is 10.7. The van der Waals surface area contributed by atoms with Crippen molar-refractivity contribution >= 4 is 10.8 Å². The van der Waals surface area contributed by atoms with Crippen LogP contribution in [0.2, 0.25) is 0 Å². The van der Waals surface area contributed by atoms with E-state index in [-0.39, 0.29) is 0 Å². The smallest absolute Gasteiger partial charge is 0.116 e. The molecule has 0 heterocycles. The molecule has 2 nitrogen and oxygen atoms in total. The monoisotopic (exact) mass is 251 g/mol. The third-order valence-electron chi connectivity index (χ3n) is 2.81. The Morgan fingerprint density at radius 2 is 1.37 bits per heavy atom. The van der Waals surface area contributed by atoms with E-state index in [0.717, 1.165) is 10.8 Å². The number of hydrogen-bond donors (Lipinski definition) is 2. The second kappa shape index (κ2) is 6.57. The van der Waals surface area contributed by atoms with Crippen LogP contribution in [0.4, 0.5) is 0 Å². The summed E-state index contributed by atoms with van der Waals surface area (Å²) in [4.78, 5) is 0. The maximum Gasteiger partial charge on any atom is 0.116 e. The maximum absolute atomic E-state index is 9.13. The van der Waals surface area contributed by atoms with Crippen LogP contribution in [0.5, 0.6) is 5.75 Å². The lowest BCUT2D eigenvalue weighted by Crippen LogP contribution is -1.94. The molecule has 0 bridgehead atoms. The van der Waals surface area contributed by atoms with Gasteiger partial charge in [-0.3, -0.25) is 0 Å². The standard InChI is InChI=1S/C10H8O.C7H9N/c11-10-6-5-8-3-1-2-4-9(8)7-10;8-6-7-4-2-1-3-5-7/h1-7,11H;1-5H,6,8H2. The second-order valence-corrected chi connectivity index (χ2v) is 4.22. The third-order valence-corrected chi connectivity index (χ3v) is 2.81. The first-order valence-electron chi connectivity index (χ1n) is 6.21. The highest BCUT2D eigenvalue weighted by Gasteiger charge is 1.91. The van der Waals surface area contributed by atoms with E-state index < -0.39 is 0 Å². The number of aromatic hydroxyl groups is 1. The van der Waals surface area contributed by atoms with Crippen LogP contribution in [0.15, 0.2) is 72.8 Å². The molecule has 0 aliphatic heterocycles. The van der Waals surface area contributed by atoms with Gasteiger partial charge >= 0.3 is 0 Å². The predicted octanol–water partition coefficient (Wildman–Crippen LogP) is 3.69. The highest BCUT2D eigenvalue weighted by atomic mass is 16.3. The zero-order chi connectivity index (χ0) is 13.5. The Morgan fingerprint density at radius 3 is 2.00 bits per heavy atom. The van der Waals surface area contributed by atoms with E-state index >= 15 is 0 Å². The van der Waals surface area contributed by atoms with Gasteiger partial charge in [-0.15, -0.1) is 0 Å². The quantitative estimate of drug-likeness (QED) is 0.693. The molecule has 0 aliphatic carbocycles. The molecule has 0 fully saturated rings. The van der Waals surface area contributed by atoms with E-state index in [4.69, 9.17) is 10.8 Å². The van der Waals surface area contributed by atoms with Crippen LogP contribution >= 0.6 is 0 Å². The van der Waals surface area contributed by atoms with Crippen molar-refractivity contribution in [2.45, 2.75) is 6.54 Å². The Bertz CT molecular complexity index is 635. The molecule has 19 heavy (non-hydrogen) atoms. The van der Waals surface area contributed by atoms with Crippen molar-refractivity contribution in [3.63, 3.8) is 0 Å². The summed E-state index contributed by atoms with van der Waals surface area (Å²) < 4.78 is 0. The lowest BCUT2D eigenvalue weighted by molar-refractivity contribution is 0.476. The van der Waals surface area contributed by atoms with Gasteiger partial charge in [-0.1, -0.05) is 60.7 Å². The van der Waals surface area contributed by atoms with E-state index in [9.17, 15) is 0 Å². The molecule has 0 saturated carbocycles. The number of phenols is 1. The zero-order valence-corrected chi connectivity index (χ0v) is 10.7. The molecular weight excluding hydrogens is 234 g/mol. The largest absolute Gasteiger partial charge is 0.508 e. The summed E-state index contributed by atoms with van der Waals surface area (Å²) in [7, 11) is 0. The topological polar surface area (TPSA) is 46.2 Å². The average molecular weight is 251 g/mol. The Hall–Kier alpha value is -2.32. The molecule has 0 radical (unpaired) electrons. The van der Waals surface area contributed by atoms with Crippen molar-refractivity contribution in [2.75, 3.05) is 0 Å². The Kier molecular flexibility index (Phi) is 4.54. The van der Waals surface area contributed by atoms with E-state index in [0.29, 0.717) is 12.3 Å². The van der Waals surface area contributed by atoms with Gasteiger partial charge in [0.25, 0.3) is 0 Å². The molecule has 3 N–H and O–H groups in total. The van der Waals surface area contributed by atoms with Crippen LogP contribution in [0.1, 0.15) is 5.56 Å². The molecular formula is C17H17NO. The number of benzene rings is 3. The fourth-order valence-electron chi connectivity index (χ4n) is 1.79. The lowest BCUT2D eigenvalue weighted by Gasteiger charge is -1.96. The van der Waals surface area contributed by atoms with Crippen molar-refractivity contribution in [3.05, 3.63) is 78.4 Å². The molecule has 0 saturated heterocycles. The number of fused-ring (bicyclic) bond motifs is 1. The molecule has 96 valence electrons. The minimum absolute atomic E-state index is 0.323. The summed E-state index contributed by atoms with van der Waals surface area (Å²) in [6, 6.07) is 23.3. The van der Waals surface area contributed by atoms with Crippen LogP contribution in [0.3, 0.4) is 0 Å². The highest BCUT2D eigenvalue weighted by molar-refractivity contribution is 5.83. The SMILES string of the molecule is NCc1ccccc1.Oc1ccc2ccccc2c1. The molecule has 0 aromatic heterocycles. The van der Waals surface area contributed by atoms with Gasteiger partial charge in [-0.2, -0.15) is 0 Å². The lowest BCUT2D eigenvalue weighted by atomic mass is 10.1. The Morgan fingerprint density at radius 1 is 0.737 bits per heavy atom. The Balaban J connectivity index is 0.000000148. The summed E-state index contributed by atoms with van der Waals surface area (Å²) in [6.45, 7) is 0.640. The Labute approximate surface area is 113 Å². The molecule has 0 unspecified atom stereocenters. The fourth-order valence-corrected chi connectivity index (χ4v) is 1.79. The van der Waals surface area contributed by atoms with Crippen molar-refractivity contribution in [2.24, 2.45) is 5.73 Å². The number of hydrogen-bond acceptors (Lipinski definition) is 2. The van der Waals surface area contributed by atoms with Crippen LogP contribution in [-0.2, 0) is 6.54 Å². The van der Waals surface area contributed by atoms with E-state index in [1.165, 1.54) is 5.56 Å². The van der Waals surface area contributed by atoms with Crippen LogP contribution in [0, 0.1) is 0 Å². The first-order chi connectivity index (χ1) is 9.29. The van der Waals surface area contributed by atoms with Gasteiger partial charge in [0.1, 0.15) is 5.75 Å². The van der Waals surface area contributed by atoms with Gasteiger partial charge in [0, 0.05) is 6.54 Å². The summed E-state index contributed by atoms with van der Waals surface area (Å²) in [6.07, 6.45) is 0. The molecule has 2 heteroatoms. The van der Waals surface area contributed by atoms with Gasteiger partial charge in [0.15, 0.2) is 0 Å². The molecule has 3 aromatic carbocycles. The maximum atomic E-state index is 9.13. The van der Waals surface area contributed by atoms with Gasteiger partial charge in [-0.05, 0) is 28.5 Å². The molecule has 0 spiro atoms. The van der Waals surface area contributed by atoms with Gasteiger partial charge in [0.2, 0.25) is 0 Å². The average Bonchev–Trinajstić information content (AvgIpc) is 2.48. The minimum Gasteiger partial charge on any atom is -0.508 e. The van der Waals surface area contributed by atoms with E-state index in [1.807, 2.05) is 60.7 Å². The molecule has 3 rings (SSSR count). The minimum atomic E-state index is 0.323. The highest BCUT2D eigenvalue weighted by Crippen LogP contribution is 2.18. The van der Waals surface area contributed by atoms with Crippen molar-refractivity contribution in [3.8, 4) is 5.75 Å². The molecule has 0 atom stereocenters. The van der Waals surface area contributed by atoms with Gasteiger partial charge in [0.05, 0.1) is 0 Å². The van der Waals surface area contributed by atoms with Crippen molar-refractivity contribution < 1.29 is 5.11 Å². The normalized spacial score (nSPS) is 9.74. The third kappa shape index (κ3) is 3.83. The van der Waals surface area contributed by atoms with Gasteiger partial charge in [-0.25, -0.2) is 0 Å².